The summed E-state index contributed by atoms with van der Waals surface area (Å²) in [6.07, 6.45) is 1.20. The van der Waals surface area contributed by atoms with Crippen LogP contribution in [-0.4, -0.2) is 27.6 Å². The normalized spacial score (nSPS) is 10.8. The zero-order valence-corrected chi connectivity index (χ0v) is 21.2. The summed E-state index contributed by atoms with van der Waals surface area (Å²) in [7, 11) is 0. The second-order valence-corrected chi connectivity index (χ2v) is 8.69. The minimum absolute atomic E-state index is 0.135. The van der Waals surface area contributed by atoms with E-state index < -0.39 is 17.2 Å². The summed E-state index contributed by atoms with van der Waals surface area (Å²) in [5.74, 6) is -0.0301. The molecular weight excluding hydrogens is 484 g/mol. The minimum atomic E-state index is -0.573. The molecule has 0 fully saturated rings. The van der Waals surface area contributed by atoms with E-state index in [9.17, 15) is 19.2 Å². The van der Waals surface area contributed by atoms with Crippen molar-refractivity contribution in [2.24, 2.45) is 0 Å². The van der Waals surface area contributed by atoms with Gasteiger partial charge in [-0.15, -0.1) is 0 Å². The van der Waals surface area contributed by atoms with Crippen LogP contribution in [0.3, 0.4) is 0 Å². The second-order valence-electron chi connectivity index (χ2n) is 8.69. The number of unbranched alkanes of at least 4 members (excludes halogenated alkanes) is 1. The number of amides is 2. The highest BCUT2D eigenvalue weighted by atomic mass is 16.5. The van der Waals surface area contributed by atoms with Gasteiger partial charge in [0.15, 0.2) is 0 Å². The molecule has 38 heavy (non-hydrogen) atoms. The molecule has 0 unspecified atom stereocenters. The summed E-state index contributed by atoms with van der Waals surface area (Å²) in [5.41, 5.74) is 0.606. The van der Waals surface area contributed by atoms with Crippen LogP contribution in [0.4, 0.5) is 11.4 Å². The van der Waals surface area contributed by atoms with Gasteiger partial charge >= 0.3 is 5.69 Å². The fourth-order valence-electron chi connectivity index (χ4n) is 4.21. The average molecular weight is 515 g/mol. The number of carbonyl (C=O) groups is 2. The summed E-state index contributed by atoms with van der Waals surface area (Å²) in [5, 5.41) is 5.97. The molecule has 9 nitrogen and oxygen atoms in total. The van der Waals surface area contributed by atoms with Gasteiger partial charge in [0.2, 0.25) is 11.8 Å². The first-order valence-electron chi connectivity index (χ1n) is 12.6. The van der Waals surface area contributed by atoms with Crippen LogP contribution in [0.15, 0.2) is 88.5 Å². The molecule has 0 radical (unpaired) electrons. The zero-order valence-electron chi connectivity index (χ0n) is 21.2. The number of rotatable bonds is 11. The molecule has 0 aliphatic heterocycles. The Hall–Kier alpha value is -4.66. The molecule has 2 amide bonds. The van der Waals surface area contributed by atoms with Gasteiger partial charge in [0, 0.05) is 18.7 Å². The summed E-state index contributed by atoms with van der Waals surface area (Å²) in [6.45, 7) is 2.15. The maximum Gasteiger partial charge on any atom is 0.331 e. The number of ether oxygens (including phenoxy) is 1. The molecule has 9 heteroatoms. The van der Waals surface area contributed by atoms with Gasteiger partial charge in [0.1, 0.15) is 12.3 Å². The fraction of sp³-hybridized carbons (Fsp3) is 0.241. The minimum Gasteiger partial charge on any atom is -0.492 e. The average Bonchev–Trinajstić information content (AvgIpc) is 2.92. The lowest BCUT2D eigenvalue weighted by Gasteiger charge is -2.15. The molecule has 3 aromatic carbocycles. The van der Waals surface area contributed by atoms with Crippen molar-refractivity contribution in [3.8, 4) is 5.75 Å². The van der Waals surface area contributed by atoms with E-state index in [1.54, 1.807) is 60.7 Å². The van der Waals surface area contributed by atoms with Crippen LogP contribution >= 0.6 is 0 Å². The van der Waals surface area contributed by atoms with Gasteiger partial charge in [0.25, 0.3) is 5.56 Å². The predicted molar refractivity (Wildman–Crippen MR) is 148 cm³/mol. The molecule has 196 valence electrons. The SMILES string of the molecule is CCOc1ccccc1NC(=O)Cn1c(=O)n(CCCCC(=O)Nc2ccccc2)c(=O)c2ccccc21. The number of anilines is 2. The lowest BCUT2D eigenvalue weighted by molar-refractivity contribution is -0.117. The van der Waals surface area contributed by atoms with Crippen LogP contribution < -0.4 is 26.6 Å². The number of hydrogen-bond acceptors (Lipinski definition) is 5. The summed E-state index contributed by atoms with van der Waals surface area (Å²) >= 11 is 0. The van der Waals surface area contributed by atoms with Crippen LogP contribution in [-0.2, 0) is 22.7 Å². The summed E-state index contributed by atoms with van der Waals surface area (Å²) in [6, 6.07) is 22.9. The maximum absolute atomic E-state index is 13.4. The van der Waals surface area contributed by atoms with Crippen molar-refractivity contribution in [1.29, 1.82) is 0 Å². The third-order valence-corrected chi connectivity index (χ3v) is 5.99. The van der Waals surface area contributed by atoms with Gasteiger partial charge in [0.05, 0.1) is 23.2 Å². The molecule has 0 bridgehead atoms. The monoisotopic (exact) mass is 514 g/mol. The molecular formula is C29H30N4O5. The Morgan fingerprint density at radius 1 is 0.789 bits per heavy atom. The quantitative estimate of drug-likeness (QED) is 0.294. The smallest absolute Gasteiger partial charge is 0.331 e. The number of para-hydroxylation sites is 4. The molecule has 1 heterocycles. The molecule has 1 aromatic heterocycles. The van der Waals surface area contributed by atoms with E-state index in [0.29, 0.717) is 47.5 Å². The van der Waals surface area contributed by atoms with E-state index >= 15 is 0 Å². The van der Waals surface area contributed by atoms with Crippen molar-refractivity contribution in [3.05, 3.63) is 99.7 Å². The first kappa shape index (κ1) is 26.4. The van der Waals surface area contributed by atoms with Crippen molar-refractivity contribution >= 4 is 34.1 Å². The van der Waals surface area contributed by atoms with E-state index in [2.05, 4.69) is 10.6 Å². The Morgan fingerprint density at radius 3 is 2.29 bits per heavy atom. The van der Waals surface area contributed by atoms with E-state index in [4.69, 9.17) is 4.74 Å². The fourth-order valence-corrected chi connectivity index (χ4v) is 4.21. The lowest BCUT2D eigenvalue weighted by Crippen LogP contribution is -2.41. The number of nitrogens with one attached hydrogen (secondary N) is 2. The van der Waals surface area contributed by atoms with Gasteiger partial charge in [-0.2, -0.15) is 0 Å². The number of hydrogen-bond donors (Lipinski definition) is 2. The molecule has 0 atom stereocenters. The predicted octanol–water partition coefficient (Wildman–Crippen LogP) is 4.01. The summed E-state index contributed by atoms with van der Waals surface area (Å²) in [4.78, 5) is 51.7. The van der Waals surface area contributed by atoms with Crippen molar-refractivity contribution in [1.82, 2.24) is 9.13 Å². The second kappa shape index (κ2) is 12.5. The number of nitrogens with zero attached hydrogens (tertiary/aromatic N) is 2. The van der Waals surface area contributed by atoms with Crippen LogP contribution in [0.25, 0.3) is 10.9 Å². The van der Waals surface area contributed by atoms with Gasteiger partial charge in [-0.25, -0.2) is 4.79 Å². The molecule has 2 N–H and O–H groups in total. The highest BCUT2D eigenvalue weighted by molar-refractivity contribution is 5.93. The van der Waals surface area contributed by atoms with Gasteiger partial charge < -0.3 is 15.4 Å². The lowest BCUT2D eigenvalue weighted by atomic mass is 10.2. The molecule has 0 aliphatic carbocycles. The largest absolute Gasteiger partial charge is 0.492 e. The first-order chi connectivity index (χ1) is 18.5. The molecule has 0 saturated carbocycles. The van der Waals surface area contributed by atoms with E-state index in [1.807, 2.05) is 25.1 Å². The van der Waals surface area contributed by atoms with E-state index in [1.165, 1.54) is 4.57 Å². The molecule has 0 saturated heterocycles. The Morgan fingerprint density at radius 2 is 1.50 bits per heavy atom. The van der Waals surface area contributed by atoms with Crippen LogP contribution in [0.5, 0.6) is 5.75 Å². The van der Waals surface area contributed by atoms with Crippen LogP contribution in [0.2, 0.25) is 0 Å². The maximum atomic E-state index is 13.4. The van der Waals surface area contributed by atoms with Crippen molar-refractivity contribution < 1.29 is 14.3 Å². The molecule has 4 aromatic rings. The Kier molecular flexibility index (Phi) is 8.71. The Bertz CT molecular complexity index is 1540. The number of aromatic nitrogens is 2. The van der Waals surface area contributed by atoms with Gasteiger partial charge in [-0.05, 0) is 56.2 Å². The Balaban J connectivity index is 1.49. The third-order valence-electron chi connectivity index (χ3n) is 5.99. The van der Waals surface area contributed by atoms with Crippen LogP contribution in [0, 0.1) is 0 Å². The van der Waals surface area contributed by atoms with E-state index in [0.717, 1.165) is 4.57 Å². The molecule has 0 aliphatic rings. The standard InChI is InChI=1S/C29H30N4O5/c1-2-38-25-17-9-7-15-23(25)31-27(35)20-33-24-16-8-6-14-22(24)28(36)32(29(33)37)19-11-10-18-26(34)30-21-12-4-3-5-13-21/h3-9,12-17H,2,10-11,18-20H2,1H3,(H,30,34)(H,31,35). The molecule has 0 spiro atoms. The highest BCUT2D eigenvalue weighted by Gasteiger charge is 2.16. The summed E-state index contributed by atoms with van der Waals surface area (Å²) < 4.78 is 8.01. The Labute approximate surface area is 219 Å². The number of fused-ring (bicyclic) bond motifs is 1. The molecule has 4 rings (SSSR count). The van der Waals surface area contributed by atoms with Gasteiger partial charge in [-0.1, -0.05) is 42.5 Å². The van der Waals surface area contributed by atoms with Gasteiger partial charge in [-0.3, -0.25) is 23.5 Å². The number of carbonyl (C=O) groups excluding carboxylic acids is 2. The van der Waals surface area contributed by atoms with Crippen molar-refractivity contribution in [2.75, 3.05) is 17.2 Å². The van der Waals surface area contributed by atoms with Crippen molar-refractivity contribution in [3.63, 3.8) is 0 Å². The number of benzene rings is 3. The third kappa shape index (κ3) is 6.36. The topological polar surface area (TPSA) is 111 Å². The first-order valence-corrected chi connectivity index (χ1v) is 12.6. The highest BCUT2D eigenvalue weighted by Crippen LogP contribution is 2.23. The van der Waals surface area contributed by atoms with Crippen LogP contribution in [0.1, 0.15) is 26.2 Å². The van der Waals surface area contributed by atoms with E-state index in [-0.39, 0.29) is 25.4 Å². The van der Waals surface area contributed by atoms with Crippen molar-refractivity contribution in [2.45, 2.75) is 39.3 Å². The zero-order chi connectivity index (χ0) is 26.9.